The molecule has 0 bridgehead atoms. The Balaban J connectivity index is 1.83. The molecule has 13 heavy (non-hydrogen) atoms. The van der Waals surface area contributed by atoms with E-state index in [1.165, 1.54) is 37.8 Å². The zero-order valence-electron chi connectivity index (χ0n) is 8.00. The third kappa shape index (κ3) is 2.34. The molecule has 1 heterocycles. The van der Waals surface area contributed by atoms with Crippen LogP contribution in [0.1, 0.15) is 31.4 Å². The van der Waals surface area contributed by atoms with Gasteiger partial charge >= 0.3 is 0 Å². The van der Waals surface area contributed by atoms with E-state index in [0.717, 1.165) is 5.92 Å². The van der Waals surface area contributed by atoms with Gasteiger partial charge in [0.1, 0.15) is 0 Å². The molecule has 0 atom stereocenters. The zero-order chi connectivity index (χ0) is 9.10. The highest BCUT2D eigenvalue weighted by molar-refractivity contribution is 5.04. The van der Waals surface area contributed by atoms with Gasteiger partial charge in [0.15, 0.2) is 0 Å². The van der Waals surface area contributed by atoms with Gasteiger partial charge in [0.25, 0.3) is 0 Å². The van der Waals surface area contributed by atoms with E-state index in [-0.39, 0.29) is 0 Å². The predicted molar refractivity (Wildman–Crippen MR) is 54.4 cm³/mol. The van der Waals surface area contributed by atoms with Crippen molar-refractivity contribution >= 4 is 0 Å². The molecule has 2 rings (SSSR count). The number of nitrogens with two attached hydrogens (primary N) is 1. The molecule has 0 saturated heterocycles. The van der Waals surface area contributed by atoms with Gasteiger partial charge in [-0.3, -0.25) is 0 Å². The first-order chi connectivity index (χ1) is 6.34. The van der Waals surface area contributed by atoms with Crippen molar-refractivity contribution in [3.63, 3.8) is 0 Å². The summed E-state index contributed by atoms with van der Waals surface area (Å²) < 4.78 is 0. The van der Waals surface area contributed by atoms with Crippen LogP contribution in [-0.4, -0.2) is 11.0 Å². The molecule has 2 nitrogen and oxygen atoms in total. The largest absolute Gasteiger partial charge is 0.365 e. The average Bonchev–Trinajstić information content (AvgIpc) is 2.62. The van der Waals surface area contributed by atoms with Gasteiger partial charge < -0.3 is 10.7 Å². The number of hydrogen-bond donors (Lipinski definition) is 2. The summed E-state index contributed by atoms with van der Waals surface area (Å²) in [6, 6.07) is 4.72. The van der Waals surface area contributed by atoms with E-state index in [0.29, 0.717) is 6.04 Å². The predicted octanol–water partition coefficient (Wildman–Crippen LogP) is 2.07. The molecule has 0 spiro atoms. The molecule has 1 aliphatic carbocycles. The fourth-order valence-corrected chi connectivity index (χ4v) is 2.20. The molecule has 1 saturated carbocycles. The summed E-state index contributed by atoms with van der Waals surface area (Å²) in [4.78, 5) is 3.26. The Hall–Kier alpha value is -0.760. The molecule has 72 valence electrons. The molecule has 0 amide bonds. The quantitative estimate of drug-likeness (QED) is 0.715. The molecule has 0 aromatic carbocycles. The van der Waals surface area contributed by atoms with Crippen LogP contribution in [0.25, 0.3) is 0 Å². The van der Waals surface area contributed by atoms with Gasteiger partial charge in [-0.15, -0.1) is 0 Å². The molecule has 1 aromatic rings. The number of hydrogen-bond acceptors (Lipinski definition) is 1. The topological polar surface area (TPSA) is 41.8 Å². The fraction of sp³-hybridized carbons (Fsp3) is 0.636. The number of aromatic amines is 1. The van der Waals surface area contributed by atoms with Crippen molar-refractivity contribution in [1.29, 1.82) is 0 Å². The third-order valence-electron chi connectivity index (χ3n) is 3.06. The Morgan fingerprint density at radius 3 is 2.69 bits per heavy atom. The molecule has 1 aromatic heterocycles. The van der Waals surface area contributed by atoms with E-state index >= 15 is 0 Å². The van der Waals surface area contributed by atoms with Gasteiger partial charge in [0, 0.05) is 17.9 Å². The van der Waals surface area contributed by atoms with Crippen molar-refractivity contribution in [2.45, 2.75) is 38.1 Å². The first-order valence-electron chi connectivity index (χ1n) is 5.22. The Kier molecular flexibility index (Phi) is 2.69. The summed E-state index contributed by atoms with van der Waals surface area (Å²) >= 11 is 0. The summed E-state index contributed by atoms with van der Waals surface area (Å²) in [6.45, 7) is 0. The molecule has 1 aliphatic rings. The Bertz CT molecular complexity index is 233. The third-order valence-corrected chi connectivity index (χ3v) is 3.06. The zero-order valence-corrected chi connectivity index (χ0v) is 8.00. The van der Waals surface area contributed by atoms with E-state index < -0.39 is 0 Å². The lowest BCUT2D eigenvalue weighted by Gasteiger charge is -2.25. The summed E-state index contributed by atoms with van der Waals surface area (Å²) in [5.41, 5.74) is 7.24. The van der Waals surface area contributed by atoms with Crippen molar-refractivity contribution in [3.05, 3.63) is 24.0 Å². The minimum Gasteiger partial charge on any atom is -0.365 e. The van der Waals surface area contributed by atoms with E-state index in [4.69, 9.17) is 5.73 Å². The van der Waals surface area contributed by atoms with Crippen LogP contribution in [0.4, 0.5) is 0 Å². The van der Waals surface area contributed by atoms with Crippen LogP contribution in [0.3, 0.4) is 0 Å². The summed E-state index contributed by atoms with van der Waals surface area (Å²) in [5, 5.41) is 0. The molecule has 0 aliphatic heterocycles. The first kappa shape index (κ1) is 8.82. The van der Waals surface area contributed by atoms with Crippen molar-refractivity contribution in [1.82, 2.24) is 4.98 Å². The minimum absolute atomic E-state index is 0.472. The number of H-pyrrole nitrogens is 1. The van der Waals surface area contributed by atoms with Gasteiger partial charge in [-0.1, -0.05) is 0 Å². The van der Waals surface area contributed by atoms with Crippen LogP contribution in [-0.2, 0) is 6.42 Å². The summed E-state index contributed by atoms with van der Waals surface area (Å²) in [6.07, 6.45) is 8.25. The maximum absolute atomic E-state index is 5.86. The lowest BCUT2D eigenvalue weighted by Crippen LogP contribution is -2.27. The van der Waals surface area contributed by atoms with Gasteiger partial charge in [0.05, 0.1) is 0 Å². The second-order valence-electron chi connectivity index (χ2n) is 4.18. The lowest BCUT2D eigenvalue weighted by atomic mass is 9.84. The Morgan fingerprint density at radius 2 is 2.08 bits per heavy atom. The highest BCUT2D eigenvalue weighted by atomic mass is 14.7. The molecule has 3 N–H and O–H groups in total. The van der Waals surface area contributed by atoms with Crippen LogP contribution in [0.2, 0.25) is 0 Å². The summed E-state index contributed by atoms with van der Waals surface area (Å²) in [7, 11) is 0. The van der Waals surface area contributed by atoms with Crippen LogP contribution in [0, 0.1) is 5.92 Å². The van der Waals surface area contributed by atoms with E-state index in [2.05, 4.69) is 17.1 Å². The molecular formula is C11H18N2. The van der Waals surface area contributed by atoms with Crippen molar-refractivity contribution in [2.75, 3.05) is 0 Å². The molecule has 2 heteroatoms. The summed E-state index contributed by atoms with van der Waals surface area (Å²) in [5.74, 6) is 0.860. The lowest BCUT2D eigenvalue weighted by molar-refractivity contribution is 0.323. The second kappa shape index (κ2) is 3.97. The maximum Gasteiger partial charge on any atom is 0.0149 e. The number of rotatable bonds is 2. The van der Waals surface area contributed by atoms with Crippen LogP contribution >= 0.6 is 0 Å². The SMILES string of the molecule is NC1CCC(Cc2ccc[nH]2)CC1. The standard InChI is InChI=1S/C11H18N2/c12-10-5-3-9(4-6-10)8-11-2-1-7-13-11/h1-2,7,9-10,13H,3-6,8,12H2. The molecule has 0 radical (unpaired) electrons. The average molecular weight is 178 g/mol. The van der Waals surface area contributed by atoms with Gasteiger partial charge in [-0.25, -0.2) is 0 Å². The normalized spacial score (nSPS) is 29.0. The maximum atomic E-state index is 5.86. The molecule has 1 fully saturated rings. The minimum atomic E-state index is 0.472. The Labute approximate surface area is 79.5 Å². The van der Waals surface area contributed by atoms with Crippen molar-refractivity contribution < 1.29 is 0 Å². The van der Waals surface area contributed by atoms with E-state index in [9.17, 15) is 0 Å². The van der Waals surface area contributed by atoms with Crippen molar-refractivity contribution in [2.24, 2.45) is 11.7 Å². The molecule has 0 unspecified atom stereocenters. The number of nitrogens with one attached hydrogen (secondary N) is 1. The van der Waals surface area contributed by atoms with E-state index in [1.54, 1.807) is 0 Å². The fourth-order valence-electron chi connectivity index (χ4n) is 2.20. The highest BCUT2D eigenvalue weighted by Crippen LogP contribution is 2.25. The first-order valence-corrected chi connectivity index (χ1v) is 5.22. The highest BCUT2D eigenvalue weighted by Gasteiger charge is 2.18. The van der Waals surface area contributed by atoms with Crippen LogP contribution < -0.4 is 5.73 Å². The van der Waals surface area contributed by atoms with Gasteiger partial charge in [-0.05, 0) is 50.2 Å². The number of aromatic nitrogens is 1. The van der Waals surface area contributed by atoms with Gasteiger partial charge in [-0.2, -0.15) is 0 Å². The molecular weight excluding hydrogens is 160 g/mol. The van der Waals surface area contributed by atoms with E-state index in [1.807, 2.05) is 6.20 Å². The Morgan fingerprint density at radius 1 is 1.31 bits per heavy atom. The second-order valence-corrected chi connectivity index (χ2v) is 4.18. The van der Waals surface area contributed by atoms with Crippen LogP contribution in [0.5, 0.6) is 0 Å². The monoisotopic (exact) mass is 178 g/mol. The smallest absolute Gasteiger partial charge is 0.0149 e. The van der Waals surface area contributed by atoms with Gasteiger partial charge in [0.2, 0.25) is 0 Å². The van der Waals surface area contributed by atoms with Crippen LogP contribution in [0.15, 0.2) is 18.3 Å². The van der Waals surface area contributed by atoms with Crippen molar-refractivity contribution in [3.8, 4) is 0 Å².